The summed E-state index contributed by atoms with van der Waals surface area (Å²) in [4.78, 5) is 64.2. The Kier molecular flexibility index (Phi) is 22.4. The quantitative estimate of drug-likeness (QED) is 0.0877. The van der Waals surface area contributed by atoms with Crippen LogP contribution in [0, 0.1) is 51.3 Å². The van der Waals surface area contributed by atoms with Gasteiger partial charge in [0.05, 0.1) is 50.9 Å². The molecule has 0 aliphatic carbocycles. The molecule has 0 saturated heterocycles. The first-order valence-electron chi connectivity index (χ1n) is 38.9. The van der Waals surface area contributed by atoms with E-state index in [9.17, 15) is 23.9 Å². The van der Waals surface area contributed by atoms with Crippen LogP contribution in [0.15, 0.2) is 261 Å². The van der Waals surface area contributed by atoms with Crippen LogP contribution in [0.1, 0.15) is 191 Å². The Morgan fingerprint density at radius 2 is 0.649 bits per heavy atom. The Labute approximate surface area is 651 Å². The van der Waals surface area contributed by atoms with E-state index in [0.717, 1.165) is 74.3 Å². The predicted molar refractivity (Wildman–Crippen MR) is 450 cm³/mol. The summed E-state index contributed by atoms with van der Waals surface area (Å²) in [6, 6.07) is 69.6. The normalized spacial score (nSPS) is 15.9. The number of halogens is 1. The summed E-state index contributed by atoms with van der Waals surface area (Å²) in [5.41, 5.74) is 13.3. The molecule has 0 fully saturated rings. The van der Waals surface area contributed by atoms with Gasteiger partial charge in [0.2, 0.25) is 0 Å². The van der Waals surface area contributed by atoms with Crippen LogP contribution >= 0.6 is 0 Å². The summed E-state index contributed by atoms with van der Waals surface area (Å²) in [6.07, 6.45) is 1.43. The molecule has 111 heavy (non-hydrogen) atoms. The number of hydrogen-bond donors (Lipinski definition) is 1. The standard InChI is InChI=1S/C33H36N2O2.C32H33FN2O2.C32H34N2O3/c1-21(2)29(35-20-33(5,6)34-32(35)25-15-12-22(3)13-16-25)31-27(19-24-10-8-7-9-11-24)30(36)26-17-14-23(4)18-28(26)37-31;1-20(2)28(35-19-32(4,5)34-31(35)23-13-11-21(3)12-14-23)30-26(17-22-9-7-6-8-10-22)29(36)25-16-15-24(33)18-27(25)37-30;1-20(2)28(34-19-32(4,5)33-31(34)23-13-11-21(3)12-14-23)30-26(17-22-9-7-6-8-10-22)29(36)25-16-15-24(35)18-27(25)37-30/h7-18,21,29H,19-20H2,1-6H3;6-16,18,20,28H,17,19H2,1-5H3;6-16,18,20,28,35H,17,19H2,1-5H3/t29-;2*28-/m111/s1. The number of amidine groups is 3. The molecule has 0 spiro atoms. The first kappa shape index (κ1) is 77.9. The van der Waals surface area contributed by atoms with Crippen molar-refractivity contribution in [2.75, 3.05) is 19.6 Å². The third kappa shape index (κ3) is 17.2. The number of phenolic OH excluding ortho intramolecular Hbond substituents is 1. The smallest absolute Gasteiger partial charge is 0.196 e. The average molecular weight is 1480 g/mol. The number of aliphatic imine (C=N–C) groups is 3. The van der Waals surface area contributed by atoms with Gasteiger partial charge >= 0.3 is 0 Å². The third-order valence-electron chi connectivity index (χ3n) is 21.2. The second kappa shape index (κ2) is 32.0. The first-order valence-corrected chi connectivity index (χ1v) is 38.9. The lowest BCUT2D eigenvalue weighted by Gasteiger charge is -2.35. The fourth-order valence-electron chi connectivity index (χ4n) is 16.0. The zero-order valence-corrected chi connectivity index (χ0v) is 66.9. The molecule has 0 saturated carbocycles. The van der Waals surface area contributed by atoms with Crippen LogP contribution in [-0.4, -0.2) is 73.6 Å². The molecule has 6 heterocycles. The first-order chi connectivity index (χ1) is 52.9. The molecule has 9 aromatic carbocycles. The van der Waals surface area contributed by atoms with Crippen molar-refractivity contribution in [1.29, 1.82) is 0 Å². The zero-order chi connectivity index (χ0) is 79.0. The summed E-state index contributed by atoms with van der Waals surface area (Å²) in [5.74, 6) is 4.77. The third-order valence-corrected chi connectivity index (χ3v) is 21.2. The highest BCUT2D eigenvalue weighted by atomic mass is 19.1. The van der Waals surface area contributed by atoms with Crippen LogP contribution in [0.25, 0.3) is 32.9 Å². The minimum absolute atomic E-state index is 0.0537. The lowest BCUT2D eigenvalue weighted by Crippen LogP contribution is -2.39. The molecule has 0 amide bonds. The van der Waals surface area contributed by atoms with Crippen molar-refractivity contribution >= 4 is 50.4 Å². The maximum absolute atomic E-state index is 14.2. The van der Waals surface area contributed by atoms with Crippen LogP contribution in [-0.2, 0) is 19.3 Å². The van der Waals surface area contributed by atoms with Crippen LogP contribution in [0.4, 0.5) is 4.39 Å². The van der Waals surface area contributed by atoms with Gasteiger partial charge in [-0.15, -0.1) is 0 Å². The summed E-state index contributed by atoms with van der Waals surface area (Å²) >= 11 is 0. The highest BCUT2D eigenvalue weighted by molar-refractivity contribution is 6.02. The van der Waals surface area contributed by atoms with Gasteiger partial charge in [-0.1, -0.05) is 228 Å². The fraction of sp³-hybridized carbons (Fsp3) is 0.320. The molecule has 3 aliphatic heterocycles. The van der Waals surface area contributed by atoms with E-state index in [0.29, 0.717) is 82.3 Å². The Morgan fingerprint density at radius 1 is 0.369 bits per heavy atom. The average Bonchev–Trinajstić information content (AvgIpc) is 1.75. The Hall–Kier alpha value is -11.3. The van der Waals surface area contributed by atoms with E-state index in [1.54, 1.807) is 6.07 Å². The number of phenols is 1. The maximum Gasteiger partial charge on any atom is 0.196 e. The molecule has 1 N–H and O–H groups in total. The van der Waals surface area contributed by atoms with Gasteiger partial charge < -0.3 is 33.1 Å². The Morgan fingerprint density at radius 3 is 0.964 bits per heavy atom. The van der Waals surface area contributed by atoms with Crippen LogP contribution in [0.5, 0.6) is 5.75 Å². The van der Waals surface area contributed by atoms with Crippen molar-refractivity contribution in [2.45, 2.75) is 165 Å². The van der Waals surface area contributed by atoms with E-state index >= 15 is 0 Å². The predicted octanol–water partition coefficient (Wildman–Crippen LogP) is 20.9. The second-order valence-electron chi connectivity index (χ2n) is 33.4. The van der Waals surface area contributed by atoms with Gasteiger partial charge in [0.15, 0.2) is 16.3 Å². The highest BCUT2D eigenvalue weighted by Crippen LogP contribution is 2.43. The molecule has 12 aromatic rings. The molecular formula is C97H103FN6O7. The number of rotatable bonds is 18. The van der Waals surface area contributed by atoms with E-state index in [-0.39, 0.29) is 80.1 Å². The van der Waals surface area contributed by atoms with E-state index < -0.39 is 5.82 Å². The van der Waals surface area contributed by atoms with Gasteiger partial charge in [-0.2, -0.15) is 0 Å². The molecule has 3 aliphatic rings. The molecule has 15 rings (SSSR count). The van der Waals surface area contributed by atoms with Gasteiger partial charge in [-0.05, 0) is 146 Å². The van der Waals surface area contributed by atoms with Crippen molar-refractivity contribution in [3.8, 4) is 5.75 Å². The van der Waals surface area contributed by atoms with Crippen LogP contribution in [0.3, 0.4) is 0 Å². The molecular weight excluding hydrogens is 1380 g/mol. The lowest BCUT2D eigenvalue weighted by atomic mass is 9.91. The van der Waals surface area contributed by atoms with Crippen molar-refractivity contribution in [3.63, 3.8) is 0 Å². The van der Waals surface area contributed by atoms with Crippen molar-refractivity contribution in [2.24, 2.45) is 32.7 Å². The molecule has 0 bridgehead atoms. The van der Waals surface area contributed by atoms with E-state index in [4.69, 9.17) is 28.2 Å². The highest BCUT2D eigenvalue weighted by Gasteiger charge is 2.44. The van der Waals surface area contributed by atoms with E-state index in [1.807, 2.05) is 104 Å². The molecule has 14 heteroatoms. The molecule has 570 valence electrons. The number of hydrogen-bond acceptors (Lipinski definition) is 13. The summed E-state index contributed by atoms with van der Waals surface area (Å²) in [6.45, 7) is 36.2. The fourth-order valence-corrected chi connectivity index (χ4v) is 16.0. The molecule has 13 nitrogen and oxygen atoms in total. The minimum Gasteiger partial charge on any atom is -0.508 e. The SMILES string of the molecule is Cc1ccc(C2=NC(C)(C)CN2[C@@H](c2oc3cc(C)ccc3c(=O)c2Cc2ccccc2)C(C)C)cc1.Cc1ccc(C2=NC(C)(C)CN2[C@@H](c2oc3cc(F)ccc3c(=O)c2Cc2ccccc2)C(C)C)cc1.Cc1ccc(C2=NC(C)(C)CN2[C@@H](c2oc3cc(O)ccc3c(=O)c2Cc2ccccc2)C(C)C)cc1. The molecule has 3 atom stereocenters. The lowest BCUT2D eigenvalue weighted by molar-refractivity contribution is 0.210. The van der Waals surface area contributed by atoms with E-state index in [2.05, 4.69) is 203 Å². The minimum atomic E-state index is -0.428. The van der Waals surface area contributed by atoms with Gasteiger partial charge in [0.1, 0.15) is 63.1 Å². The van der Waals surface area contributed by atoms with Gasteiger partial charge in [0.25, 0.3) is 0 Å². The molecule has 0 radical (unpaired) electrons. The summed E-state index contributed by atoms with van der Waals surface area (Å²) in [5, 5.41) is 11.7. The number of aryl methyl sites for hydroxylation is 4. The number of aromatic hydroxyl groups is 1. The monoisotopic (exact) mass is 1480 g/mol. The summed E-state index contributed by atoms with van der Waals surface area (Å²) in [7, 11) is 0. The largest absolute Gasteiger partial charge is 0.508 e. The summed E-state index contributed by atoms with van der Waals surface area (Å²) < 4.78 is 34.0. The zero-order valence-electron chi connectivity index (χ0n) is 66.9. The molecule has 3 aromatic heterocycles. The van der Waals surface area contributed by atoms with Crippen LogP contribution < -0.4 is 16.3 Å². The van der Waals surface area contributed by atoms with Crippen molar-refractivity contribution in [1.82, 2.24) is 14.7 Å². The maximum atomic E-state index is 14.2. The van der Waals surface area contributed by atoms with Gasteiger partial charge in [-0.3, -0.25) is 29.4 Å². The van der Waals surface area contributed by atoms with Crippen LogP contribution in [0.2, 0.25) is 0 Å². The number of fused-ring (bicyclic) bond motifs is 3. The Bertz CT molecular complexity index is 5110. The Balaban J connectivity index is 0.000000146. The number of nitrogens with zero attached hydrogens (tertiary/aromatic N) is 6. The van der Waals surface area contributed by atoms with Gasteiger partial charge in [-0.25, -0.2) is 4.39 Å². The van der Waals surface area contributed by atoms with Gasteiger partial charge in [0, 0.05) is 84.4 Å². The number of benzene rings is 9. The van der Waals surface area contributed by atoms with Crippen molar-refractivity contribution in [3.05, 3.63) is 344 Å². The van der Waals surface area contributed by atoms with E-state index in [1.165, 1.54) is 47.0 Å². The second-order valence-corrected chi connectivity index (χ2v) is 33.4. The van der Waals surface area contributed by atoms with Crippen molar-refractivity contribution < 1.29 is 22.7 Å². The molecule has 0 unspecified atom stereocenters. The topological polar surface area (TPSA) is 158 Å².